The molecule has 108 valence electrons. The molecular weight excluding hydrogens is 250 g/mol. The molecule has 0 aliphatic rings. The highest BCUT2D eigenvalue weighted by Crippen LogP contribution is 2.20. The van der Waals surface area contributed by atoms with Gasteiger partial charge in [0.1, 0.15) is 12.4 Å². The summed E-state index contributed by atoms with van der Waals surface area (Å²) in [5.74, 6) is 0.889. The SMILES string of the molecule is CN(CCOc1ccc2ccccc2c1)CC(C)(C)O. The van der Waals surface area contributed by atoms with Crippen LogP contribution in [0.25, 0.3) is 10.8 Å². The van der Waals surface area contributed by atoms with Crippen LogP contribution in [0.15, 0.2) is 42.5 Å². The Morgan fingerprint density at radius 2 is 1.80 bits per heavy atom. The van der Waals surface area contributed by atoms with Gasteiger partial charge in [0.15, 0.2) is 0 Å². The minimum absolute atomic E-state index is 0.616. The summed E-state index contributed by atoms with van der Waals surface area (Å²) in [7, 11) is 1.99. The maximum Gasteiger partial charge on any atom is 0.120 e. The van der Waals surface area contributed by atoms with Crippen molar-refractivity contribution < 1.29 is 9.84 Å². The van der Waals surface area contributed by atoms with Crippen molar-refractivity contribution in [2.24, 2.45) is 0 Å². The van der Waals surface area contributed by atoms with E-state index < -0.39 is 5.60 Å². The van der Waals surface area contributed by atoms with Crippen molar-refractivity contribution in [3.05, 3.63) is 42.5 Å². The lowest BCUT2D eigenvalue weighted by Crippen LogP contribution is -2.38. The molecule has 20 heavy (non-hydrogen) atoms. The third-order valence-corrected chi connectivity index (χ3v) is 3.12. The zero-order valence-electron chi connectivity index (χ0n) is 12.5. The number of hydrogen-bond donors (Lipinski definition) is 1. The van der Waals surface area contributed by atoms with Crippen LogP contribution in [0.4, 0.5) is 0 Å². The standard InChI is InChI=1S/C17H23NO2/c1-17(2,19)13-18(3)10-11-20-16-9-8-14-6-4-5-7-15(14)12-16/h4-9,12,19H,10-11,13H2,1-3H3. The van der Waals surface area contributed by atoms with Crippen LogP contribution >= 0.6 is 0 Å². The summed E-state index contributed by atoms with van der Waals surface area (Å²) in [6, 6.07) is 14.4. The summed E-state index contributed by atoms with van der Waals surface area (Å²) in [6.45, 7) is 5.66. The zero-order valence-corrected chi connectivity index (χ0v) is 12.5. The van der Waals surface area contributed by atoms with E-state index in [1.165, 1.54) is 10.8 Å². The summed E-state index contributed by atoms with van der Waals surface area (Å²) < 4.78 is 5.78. The molecule has 1 N–H and O–H groups in total. The second-order valence-corrected chi connectivity index (χ2v) is 5.91. The van der Waals surface area contributed by atoms with Gasteiger partial charge in [-0.05, 0) is 43.8 Å². The first-order chi connectivity index (χ1) is 9.44. The van der Waals surface area contributed by atoms with Gasteiger partial charge >= 0.3 is 0 Å². The van der Waals surface area contributed by atoms with Crippen molar-refractivity contribution in [2.45, 2.75) is 19.4 Å². The van der Waals surface area contributed by atoms with Gasteiger partial charge in [-0.2, -0.15) is 0 Å². The van der Waals surface area contributed by atoms with Crippen LogP contribution in [-0.2, 0) is 0 Å². The van der Waals surface area contributed by atoms with Crippen LogP contribution < -0.4 is 4.74 Å². The summed E-state index contributed by atoms with van der Waals surface area (Å²) in [6.07, 6.45) is 0. The first-order valence-corrected chi connectivity index (χ1v) is 6.97. The molecular formula is C17H23NO2. The molecule has 0 aliphatic carbocycles. The maximum atomic E-state index is 9.74. The Labute approximate surface area is 120 Å². The predicted molar refractivity (Wildman–Crippen MR) is 83.2 cm³/mol. The fourth-order valence-corrected chi connectivity index (χ4v) is 2.32. The molecule has 0 radical (unpaired) electrons. The molecule has 0 unspecified atom stereocenters. The molecule has 0 bridgehead atoms. The highest BCUT2D eigenvalue weighted by molar-refractivity contribution is 5.83. The van der Waals surface area contributed by atoms with E-state index in [0.717, 1.165) is 12.3 Å². The highest BCUT2D eigenvalue weighted by atomic mass is 16.5. The van der Waals surface area contributed by atoms with E-state index in [2.05, 4.69) is 29.2 Å². The van der Waals surface area contributed by atoms with E-state index in [0.29, 0.717) is 13.2 Å². The monoisotopic (exact) mass is 273 g/mol. The van der Waals surface area contributed by atoms with Gasteiger partial charge in [-0.25, -0.2) is 0 Å². The number of rotatable bonds is 6. The van der Waals surface area contributed by atoms with E-state index >= 15 is 0 Å². The lowest BCUT2D eigenvalue weighted by molar-refractivity contribution is 0.0411. The second kappa shape index (κ2) is 6.25. The van der Waals surface area contributed by atoms with E-state index in [-0.39, 0.29) is 0 Å². The molecule has 2 rings (SSSR count). The fourth-order valence-electron chi connectivity index (χ4n) is 2.32. The highest BCUT2D eigenvalue weighted by Gasteiger charge is 2.15. The van der Waals surface area contributed by atoms with E-state index in [1.807, 2.05) is 39.1 Å². The van der Waals surface area contributed by atoms with E-state index in [4.69, 9.17) is 4.74 Å². The second-order valence-electron chi connectivity index (χ2n) is 5.91. The molecule has 0 atom stereocenters. The summed E-state index contributed by atoms with van der Waals surface area (Å²) in [5, 5.41) is 12.2. The van der Waals surface area contributed by atoms with Crippen molar-refractivity contribution in [2.75, 3.05) is 26.7 Å². The average Bonchev–Trinajstić information content (AvgIpc) is 2.36. The topological polar surface area (TPSA) is 32.7 Å². The lowest BCUT2D eigenvalue weighted by Gasteiger charge is -2.25. The normalized spacial score (nSPS) is 12.1. The fraction of sp³-hybridized carbons (Fsp3) is 0.412. The summed E-state index contributed by atoms with van der Waals surface area (Å²) in [5.41, 5.74) is -0.669. The van der Waals surface area contributed by atoms with Gasteiger partial charge in [0.2, 0.25) is 0 Å². The molecule has 0 spiro atoms. The Kier molecular flexibility index (Phi) is 4.63. The lowest BCUT2D eigenvalue weighted by atomic mass is 10.1. The largest absolute Gasteiger partial charge is 0.492 e. The minimum Gasteiger partial charge on any atom is -0.492 e. The maximum absolute atomic E-state index is 9.74. The third-order valence-electron chi connectivity index (χ3n) is 3.12. The quantitative estimate of drug-likeness (QED) is 0.878. The van der Waals surface area contributed by atoms with E-state index in [1.54, 1.807) is 0 Å². The molecule has 3 nitrogen and oxygen atoms in total. The molecule has 0 saturated carbocycles. The van der Waals surface area contributed by atoms with Crippen LogP contribution in [-0.4, -0.2) is 42.4 Å². The number of aliphatic hydroxyl groups is 1. The van der Waals surface area contributed by atoms with E-state index in [9.17, 15) is 5.11 Å². The number of ether oxygens (including phenoxy) is 1. The average molecular weight is 273 g/mol. The molecule has 0 saturated heterocycles. The van der Waals surface area contributed by atoms with Crippen LogP contribution in [0.2, 0.25) is 0 Å². The van der Waals surface area contributed by atoms with Gasteiger partial charge in [-0.15, -0.1) is 0 Å². The van der Waals surface area contributed by atoms with Gasteiger partial charge in [0, 0.05) is 13.1 Å². The number of likely N-dealkylation sites (N-methyl/N-ethyl adjacent to an activating group) is 1. The van der Waals surface area contributed by atoms with Gasteiger partial charge < -0.3 is 14.7 Å². The molecule has 0 aliphatic heterocycles. The van der Waals surface area contributed by atoms with Gasteiger partial charge in [-0.1, -0.05) is 30.3 Å². The first-order valence-electron chi connectivity index (χ1n) is 6.97. The summed E-state index contributed by atoms with van der Waals surface area (Å²) in [4.78, 5) is 2.07. The molecule has 0 aromatic heterocycles. The zero-order chi connectivity index (χ0) is 14.6. The Balaban J connectivity index is 1.86. The predicted octanol–water partition coefficient (Wildman–Crippen LogP) is 2.92. The van der Waals surface area contributed by atoms with Crippen LogP contribution in [0.1, 0.15) is 13.8 Å². The molecule has 0 heterocycles. The Morgan fingerprint density at radius 1 is 1.10 bits per heavy atom. The van der Waals surface area contributed by atoms with Gasteiger partial charge in [0.05, 0.1) is 5.60 Å². The summed E-state index contributed by atoms with van der Waals surface area (Å²) >= 11 is 0. The number of benzene rings is 2. The van der Waals surface area contributed by atoms with Crippen LogP contribution in [0.5, 0.6) is 5.75 Å². The van der Waals surface area contributed by atoms with Gasteiger partial charge in [0.25, 0.3) is 0 Å². The third kappa shape index (κ3) is 4.51. The van der Waals surface area contributed by atoms with Crippen molar-refractivity contribution in [1.82, 2.24) is 4.90 Å². The molecule has 2 aromatic rings. The molecule has 0 fully saturated rings. The van der Waals surface area contributed by atoms with Crippen molar-refractivity contribution >= 4 is 10.8 Å². The number of hydrogen-bond acceptors (Lipinski definition) is 3. The van der Waals surface area contributed by atoms with Gasteiger partial charge in [-0.3, -0.25) is 0 Å². The van der Waals surface area contributed by atoms with Crippen molar-refractivity contribution in [1.29, 1.82) is 0 Å². The van der Waals surface area contributed by atoms with Crippen LogP contribution in [0, 0.1) is 0 Å². The van der Waals surface area contributed by atoms with Crippen LogP contribution in [0.3, 0.4) is 0 Å². The number of fused-ring (bicyclic) bond motifs is 1. The number of nitrogens with zero attached hydrogens (tertiary/aromatic N) is 1. The molecule has 3 heteroatoms. The Morgan fingerprint density at radius 3 is 2.50 bits per heavy atom. The van der Waals surface area contributed by atoms with Crippen molar-refractivity contribution in [3.63, 3.8) is 0 Å². The first kappa shape index (κ1) is 14.8. The minimum atomic E-state index is -0.669. The Hall–Kier alpha value is -1.58. The smallest absolute Gasteiger partial charge is 0.120 e. The van der Waals surface area contributed by atoms with Crippen molar-refractivity contribution in [3.8, 4) is 5.75 Å². The molecule has 2 aromatic carbocycles. The molecule has 0 amide bonds. The Bertz CT molecular complexity index is 560.